The van der Waals surface area contributed by atoms with Crippen molar-refractivity contribution in [2.75, 3.05) is 0 Å². The normalized spacial score (nSPS) is 11.9. The number of nitro groups is 1. The minimum atomic E-state index is -0.598. The van der Waals surface area contributed by atoms with Gasteiger partial charge in [0, 0.05) is 12.1 Å². The third-order valence-corrected chi connectivity index (χ3v) is 3.19. The predicted octanol–water partition coefficient (Wildman–Crippen LogP) is 3.56. The molecule has 0 aliphatic rings. The molecule has 0 fully saturated rings. The monoisotopic (exact) mass is 284 g/mol. The Balaban J connectivity index is 2.83. The van der Waals surface area contributed by atoms with Gasteiger partial charge < -0.3 is 5.32 Å². The molecule has 0 bridgehead atoms. The summed E-state index contributed by atoms with van der Waals surface area (Å²) in [7, 11) is 0. The maximum absolute atomic E-state index is 12.0. The summed E-state index contributed by atoms with van der Waals surface area (Å²) in [5, 5.41) is 13.4. The summed E-state index contributed by atoms with van der Waals surface area (Å²) in [6, 6.07) is 4.23. The Morgan fingerprint density at radius 3 is 2.79 bits per heavy atom. The van der Waals surface area contributed by atoms with Crippen LogP contribution in [0.25, 0.3) is 0 Å². The zero-order chi connectivity index (χ0) is 14.4. The van der Waals surface area contributed by atoms with Gasteiger partial charge in [-0.1, -0.05) is 37.4 Å². The molecule has 1 rings (SSSR count). The van der Waals surface area contributed by atoms with Gasteiger partial charge in [-0.2, -0.15) is 0 Å². The van der Waals surface area contributed by atoms with Crippen LogP contribution in [0.1, 0.15) is 43.5 Å². The Kier molecular flexibility index (Phi) is 5.76. The summed E-state index contributed by atoms with van der Waals surface area (Å²) >= 11 is 5.88. The van der Waals surface area contributed by atoms with Crippen molar-refractivity contribution in [3.05, 3.63) is 38.9 Å². The lowest BCUT2D eigenvalue weighted by Crippen LogP contribution is -2.32. The van der Waals surface area contributed by atoms with E-state index in [2.05, 4.69) is 12.2 Å². The van der Waals surface area contributed by atoms with Gasteiger partial charge in [0.05, 0.1) is 10.5 Å². The summed E-state index contributed by atoms with van der Waals surface area (Å²) in [6.45, 7) is 3.98. The lowest BCUT2D eigenvalue weighted by Gasteiger charge is -2.13. The van der Waals surface area contributed by atoms with E-state index in [1.807, 2.05) is 6.92 Å². The number of hydrogen-bond donors (Lipinski definition) is 1. The van der Waals surface area contributed by atoms with Crippen molar-refractivity contribution in [2.24, 2.45) is 0 Å². The first-order chi connectivity index (χ1) is 8.97. The van der Waals surface area contributed by atoms with Crippen molar-refractivity contribution in [3.8, 4) is 0 Å². The number of hydrogen-bond acceptors (Lipinski definition) is 3. The predicted molar refractivity (Wildman–Crippen MR) is 74.6 cm³/mol. The van der Waals surface area contributed by atoms with E-state index in [1.165, 1.54) is 18.2 Å². The average molecular weight is 285 g/mol. The first-order valence-corrected chi connectivity index (χ1v) is 6.59. The summed E-state index contributed by atoms with van der Waals surface area (Å²) in [5.41, 5.74) is -0.116. The molecule has 1 aromatic rings. The molecule has 0 spiro atoms. The fourth-order valence-corrected chi connectivity index (χ4v) is 2.00. The smallest absolute Gasteiger partial charge is 0.288 e. The topological polar surface area (TPSA) is 72.2 Å². The molecule has 0 radical (unpaired) electrons. The third kappa shape index (κ3) is 4.21. The Morgan fingerprint density at radius 1 is 1.53 bits per heavy atom. The number of nitro benzene ring substituents is 1. The van der Waals surface area contributed by atoms with Crippen molar-refractivity contribution < 1.29 is 9.72 Å². The lowest BCUT2D eigenvalue weighted by atomic mass is 10.1. The van der Waals surface area contributed by atoms with Crippen LogP contribution in [-0.4, -0.2) is 16.9 Å². The minimum Gasteiger partial charge on any atom is -0.350 e. The Labute approximate surface area is 117 Å². The Hall–Kier alpha value is -1.62. The molecule has 5 nitrogen and oxygen atoms in total. The van der Waals surface area contributed by atoms with Crippen molar-refractivity contribution in [3.63, 3.8) is 0 Å². The van der Waals surface area contributed by atoms with Gasteiger partial charge in [-0.15, -0.1) is 0 Å². The minimum absolute atomic E-state index is 0.0165. The quantitative estimate of drug-likeness (QED) is 0.641. The van der Waals surface area contributed by atoms with Crippen LogP contribution in [0.15, 0.2) is 18.2 Å². The molecular formula is C13H17ClN2O3. The molecule has 1 amide bonds. The second kappa shape index (κ2) is 7.09. The summed E-state index contributed by atoms with van der Waals surface area (Å²) in [5.74, 6) is -0.377. The molecule has 0 heterocycles. The zero-order valence-corrected chi connectivity index (χ0v) is 11.7. The highest BCUT2D eigenvalue weighted by Gasteiger charge is 2.20. The highest BCUT2D eigenvalue weighted by molar-refractivity contribution is 6.35. The van der Waals surface area contributed by atoms with Gasteiger partial charge >= 0.3 is 0 Å². The van der Waals surface area contributed by atoms with Crippen LogP contribution in [-0.2, 0) is 0 Å². The number of amides is 1. The van der Waals surface area contributed by atoms with E-state index in [-0.39, 0.29) is 28.2 Å². The van der Waals surface area contributed by atoms with E-state index in [4.69, 9.17) is 11.6 Å². The Morgan fingerprint density at radius 2 is 2.21 bits per heavy atom. The largest absolute Gasteiger partial charge is 0.350 e. The second-order valence-electron chi connectivity index (χ2n) is 4.41. The van der Waals surface area contributed by atoms with Crippen LogP contribution in [0.5, 0.6) is 0 Å². The van der Waals surface area contributed by atoms with E-state index in [0.29, 0.717) is 0 Å². The van der Waals surface area contributed by atoms with Gasteiger partial charge in [0.25, 0.3) is 11.6 Å². The van der Waals surface area contributed by atoms with Gasteiger partial charge in [-0.3, -0.25) is 14.9 Å². The summed E-state index contributed by atoms with van der Waals surface area (Å²) in [4.78, 5) is 22.1. The highest BCUT2D eigenvalue weighted by atomic mass is 35.5. The van der Waals surface area contributed by atoms with Crippen LogP contribution < -0.4 is 5.32 Å². The van der Waals surface area contributed by atoms with E-state index in [9.17, 15) is 14.9 Å². The van der Waals surface area contributed by atoms with Crippen LogP contribution in [0, 0.1) is 10.1 Å². The van der Waals surface area contributed by atoms with Gasteiger partial charge in [0.2, 0.25) is 0 Å². The molecular weight excluding hydrogens is 268 g/mol. The van der Waals surface area contributed by atoms with Crippen molar-refractivity contribution in [1.82, 2.24) is 5.32 Å². The summed E-state index contributed by atoms with van der Waals surface area (Å²) < 4.78 is 0. The SMILES string of the molecule is CCCCC(C)NC(=O)c1cccc([N+](=O)[O-])c1Cl. The number of rotatable bonds is 6. The molecule has 104 valence electrons. The van der Waals surface area contributed by atoms with E-state index < -0.39 is 4.92 Å². The first kappa shape index (κ1) is 15.4. The van der Waals surface area contributed by atoms with Gasteiger partial charge in [0.1, 0.15) is 5.02 Å². The average Bonchev–Trinajstić information content (AvgIpc) is 2.36. The molecule has 0 saturated heterocycles. The molecule has 1 atom stereocenters. The van der Waals surface area contributed by atoms with Crippen LogP contribution in [0.3, 0.4) is 0 Å². The van der Waals surface area contributed by atoms with E-state index >= 15 is 0 Å². The number of nitrogens with one attached hydrogen (secondary N) is 1. The number of carbonyl (C=O) groups excluding carboxylic acids is 1. The number of halogens is 1. The zero-order valence-electron chi connectivity index (χ0n) is 11.0. The molecule has 1 N–H and O–H groups in total. The molecule has 1 aromatic carbocycles. The van der Waals surface area contributed by atoms with Gasteiger partial charge in [0.15, 0.2) is 0 Å². The molecule has 6 heteroatoms. The standard InChI is InChI=1S/C13H17ClN2O3/c1-3-4-6-9(2)15-13(17)10-7-5-8-11(12(10)14)16(18)19/h5,7-9H,3-4,6H2,1-2H3,(H,15,17). The number of benzene rings is 1. The van der Waals surface area contributed by atoms with Crippen molar-refractivity contribution in [2.45, 2.75) is 39.2 Å². The van der Waals surface area contributed by atoms with E-state index in [1.54, 1.807) is 0 Å². The lowest BCUT2D eigenvalue weighted by molar-refractivity contribution is -0.384. The number of unbranched alkanes of at least 4 members (excludes halogenated alkanes) is 1. The molecule has 0 aliphatic heterocycles. The van der Waals surface area contributed by atoms with Crippen LogP contribution in [0.2, 0.25) is 5.02 Å². The number of nitrogens with zero attached hydrogens (tertiary/aromatic N) is 1. The second-order valence-corrected chi connectivity index (χ2v) is 4.79. The highest BCUT2D eigenvalue weighted by Crippen LogP contribution is 2.27. The van der Waals surface area contributed by atoms with E-state index in [0.717, 1.165) is 19.3 Å². The van der Waals surface area contributed by atoms with Crippen LogP contribution >= 0.6 is 11.6 Å². The molecule has 0 aliphatic carbocycles. The molecule has 0 saturated carbocycles. The molecule has 0 aromatic heterocycles. The van der Waals surface area contributed by atoms with Gasteiger partial charge in [-0.25, -0.2) is 0 Å². The van der Waals surface area contributed by atoms with Gasteiger partial charge in [-0.05, 0) is 19.4 Å². The van der Waals surface area contributed by atoms with Crippen molar-refractivity contribution in [1.29, 1.82) is 0 Å². The first-order valence-electron chi connectivity index (χ1n) is 6.21. The molecule has 1 unspecified atom stereocenters. The third-order valence-electron chi connectivity index (χ3n) is 2.79. The Bertz CT molecular complexity index is 477. The number of carbonyl (C=O) groups is 1. The molecule has 19 heavy (non-hydrogen) atoms. The van der Waals surface area contributed by atoms with Crippen LogP contribution in [0.4, 0.5) is 5.69 Å². The maximum atomic E-state index is 12.0. The van der Waals surface area contributed by atoms with Crippen molar-refractivity contribution >= 4 is 23.2 Å². The fraction of sp³-hybridized carbons (Fsp3) is 0.462. The maximum Gasteiger partial charge on any atom is 0.288 e. The fourth-order valence-electron chi connectivity index (χ4n) is 1.72. The summed E-state index contributed by atoms with van der Waals surface area (Å²) in [6.07, 6.45) is 2.94.